The van der Waals surface area contributed by atoms with Crippen molar-refractivity contribution in [3.63, 3.8) is 0 Å². The molecule has 0 bridgehead atoms. The zero-order chi connectivity index (χ0) is 12.6. The zero-order valence-corrected chi connectivity index (χ0v) is 12.3. The third-order valence-electron chi connectivity index (χ3n) is 3.57. The van der Waals surface area contributed by atoms with Gasteiger partial charge in [0.05, 0.1) is 0 Å². The minimum Gasteiger partial charge on any atom is -0.0859 e. The Balaban J connectivity index is 4.22. The summed E-state index contributed by atoms with van der Waals surface area (Å²) in [6.45, 7) is 14.0. The monoisotopic (exact) mass is 224 g/mol. The quantitative estimate of drug-likeness (QED) is 0.455. The Hall–Kier alpha value is -0.260. The summed E-state index contributed by atoms with van der Waals surface area (Å²) in [4.78, 5) is 0. The van der Waals surface area contributed by atoms with Gasteiger partial charge in [-0.25, -0.2) is 0 Å². The standard InChI is InChI=1S/C16H32/c1-7-9-14(5)11-16(13(3)4)12-15(6)10-8-2/h9,13,15-16H,7-8,10-12H2,1-6H3. The van der Waals surface area contributed by atoms with Gasteiger partial charge in [-0.2, -0.15) is 0 Å². The van der Waals surface area contributed by atoms with Gasteiger partial charge in [-0.05, 0) is 43.9 Å². The lowest BCUT2D eigenvalue weighted by Crippen LogP contribution is -2.13. The number of allylic oxidation sites excluding steroid dienone is 2. The maximum atomic E-state index is 2.41. The fourth-order valence-corrected chi connectivity index (χ4v) is 2.56. The van der Waals surface area contributed by atoms with Crippen LogP contribution in [0, 0.1) is 17.8 Å². The van der Waals surface area contributed by atoms with E-state index in [-0.39, 0.29) is 0 Å². The Kier molecular flexibility index (Phi) is 8.70. The SMILES string of the molecule is CCC=C(C)CC(CC(C)CCC)C(C)C. The van der Waals surface area contributed by atoms with Crippen LogP contribution in [0.1, 0.15) is 73.6 Å². The lowest BCUT2D eigenvalue weighted by Gasteiger charge is -2.24. The summed E-state index contributed by atoms with van der Waals surface area (Å²) in [5, 5.41) is 0. The van der Waals surface area contributed by atoms with Crippen molar-refractivity contribution in [2.75, 3.05) is 0 Å². The zero-order valence-electron chi connectivity index (χ0n) is 12.3. The van der Waals surface area contributed by atoms with Crippen LogP contribution in [0.2, 0.25) is 0 Å². The molecule has 0 aromatic carbocycles. The first kappa shape index (κ1) is 15.7. The summed E-state index contributed by atoms with van der Waals surface area (Å²) in [6.07, 6.45) is 9.00. The third-order valence-corrected chi connectivity index (χ3v) is 3.57. The van der Waals surface area contributed by atoms with Crippen molar-refractivity contribution in [2.24, 2.45) is 17.8 Å². The van der Waals surface area contributed by atoms with Crippen molar-refractivity contribution >= 4 is 0 Å². The molecule has 2 atom stereocenters. The van der Waals surface area contributed by atoms with Crippen LogP contribution in [0.4, 0.5) is 0 Å². The maximum absolute atomic E-state index is 2.41. The lowest BCUT2D eigenvalue weighted by molar-refractivity contribution is 0.295. The molecular formula is C16H32. The smallest absolute Gasteiger partial charge is 0.0292 e. The number of hydrogen-bond acceptors (Lipinski definition) is 0. The molecule has 0 aromatic heterocycles. The molecule has 0 amide bonds. The molecule has 0 radical (unpaired) electrons. The fourth-order valence-electron chi connectivity index (χ4n) is 2.56. The number of rotatable bonds is 8. The van der Waals surface area contributed by atoms with Crippen LogP contribution in [-0.4, -0.2) is 0 Å². The Bertz CT molecular complexity index is 188. The molecule has 2 unspecified atom stereocenters. The molecule has 0 N–H and O–H groups in total. The average molecular weight is 224 g/mol. The molecule has 0 saturated heterocycles. The van der Waals surface area contributed by atoms with Crippen molar-refractivity contribution in [2.45, 2.75) is 73.6 Å². The topological polar surface area (TPSA) is 0 Å². The van der Waals surface area contributed by atoms with Gasteiger partial charge in [0.2, 0.25) is 0 Å². The first-order chi connectivity index (χ1) is 7.51. The van der Waals surface area contributed by atoms with Gasteiger partial charge in [0.25, 0.3) is 0 Å². The first-order valence-corrected chi connectivity index (χ1v) is 7.16. The molecule has 0 aromatic rings. The van der Waals surface area contributed by atoms with E-state index in [1.165, 1.54) is 32.1 Å². The summed E-state index contributed by atoms with van der Waals surface area (Å²) in [6, 6.07) is 0. The van der Waals surface area contributed by atoms with E-state index >= 15 is 0 Å². The molecule has 0 rings (SSSR count). The fraction of sp³-hybridized carbons (Fsp3) is 0.875. The normalized spacial score (nSPS) is 16.6. The van der Waals surface area contributed by atoms with Crippen LogP contribution in [0.3, 0.4) is 0 Å². The molecule has 0 aliphatic carbocycles. The third kappa shape index (κ3) is 7.09. The predicted octanol–water partition coefficient (Wildman–Crippen LogP) is 5.83. The highest BCUT2D eigenvalue weighted by Gasteiger charge is 2.16. The molecule has 0 nitrogen and oxygen atoms in total. The van der Waals surface area contributed by atoms with Crippen molar-refractivity contribution in [1.82, 2.24) is 0 Å². The number of hydrogen-bond donors (Lipinski definition) is 0. The van der Waals surface area contributed by atoms with Crippen LogP contribution < -0.4 is 0 Å². The summed E-state index contributed by atoms with van der Waals surface area (Å²) in [7, 11) is 0. The summed E-state index contributed by atoms with van der Waals surface area (Å²) in [5.41, 5.74) is 1.59. The van der Waals surface area contributed by atoms with E-state index in [0.717, 1.165) is 17.8 Å². The molecule has 0 heterocycles. The largest absolute Gasteiger partial charge is 0.0859 e. The first-order valence-electron chi connectivity index (χ1n) is 7.16. The van der Waals surface area contributed by atoms with Crippen molar-refractivity contribution in [3.8, 4) is 0 Å². The maximum Gasteiger partial charge on any atom is -0.0292 e. The second-order valence-corrected chi connectivity index (χ2v) is 5.80. The van der Waals surface area contributed by atoms with Crippen molar-refractivity contribution in [1.29, 1.82) is 0 Å². The van der Waals surface area contributed by atoms with Gasteiger partial charge in [-0.3, -0.25) is 0 Å². The molecule has 16 heavy (non-hydrogen) atoms. The summed E-state index contributed by atoms with van der Waals surface area (Å²) in [5.74, 6) is 2.59. The second-order valence-electron chi connectivity index (χ2n) is 5.80. The minimum atomic E-state index is 0.819. The van der Waals surface area contributed by atoms with Crippen LogP contribution >= 0.6 is 0 Å². The van der Waals surface area contributed by atoms with Gasteiger partial charge >= 0.3 is 0 Å². The van der Waals surface area contributed by atoms with Gasteiger partial charge in [0.1, 0.15) is 0 Å². The van der Waals surface area contributed by atoms with E-state index in [9.17, 15) is 0 Å². The van der Waals surface area contributed by atoms with Crippen LogP contribution in [0.15, 0.2) is 11.6 Å². The highest BCUT2D eigenvalue weighted by Crippen LogP contribution is 2.28. The Labute approximate surface area is 104 Å². The molecule has 0 aliphatic heterocycles. The van der Waals surface area contributed by atoms with Gasteiger partial charge in [0, 0.05) is 0 Å². The minimum absolute atomic E-state index is 0.819. The van der Waals surface area contributed by atoms with Gasteiger partial charge in [-0.15, -0.1) is 0 Å². The van der Waals surface area contributed by atoms with E-state index in [2.05, 4.69) is 47.6 Å². The molecule has 96 valence electrons. The Morgan fingerprint density at radius 1 is 1.12 bits per heavy atom. The molecular weight excluding hydrogens is 192 g/mol. The van der Waals surface area contributed by atoms with Crippen molar-refractivity contribution in [3.05, 3.63) is 11.6 Å². The predicted molar refractivity (Wildman–Crippen MR) is 75.7 cm³/mol. The van der Waals surface area contributed by atoms with E-state index in [0.29, 0.717) is 0 Å². The van der Waals surface area contributed by atoms with Gasteiger partial charge in [0.15, 0.2) is 0 Å². The van der Waals surface area contributed by atoms with E-state index in [4.69, 9.17) is 0 Å². The van der Waals surface area contributed by atoms with Crippen molar-refractivity contribution < 1.29 is 0 Å². The second kappa shape index (κ2) is 8.84. The molecule has 0 saturated carbocycles. The molecule has 0 heteroatoms. The van der Waals surface area contributed by atoms with E-state index in [1.54, 1.807) is 5.57 Å². The lowest BCUT2D eigenvalue weighted by atomic mass is 9.81. The Morgan fingerprint density at radius 3 is 2.19 bits per heavy atom. The van der Waals surface area contributed by atoms with E-state index < -0.39 is 0 Å². The molecule has 0 spiro atoms. The van der Waals surface area contributed by atoms with E-state index in [1.807, 2.05) is 0 Å². The van der Waals surface area contributed by atoms with Gasteiger partial charge < -0.3 is 0 Å². The van der Waals surface area contributed by atoms with Crippen LogP contribution in [0.5, 0.6) is 0 Å². The Morgan fingerprint density at radius 2 is 1.75 bits per heavy atom. The molecule has 0 aliphatic rings. The summed E-state index contributed by atoms with van der Waals surface area (Å²) >= 11 is 0. The van der Waals surface area contributed by atoms with Crippen LogP contribution in [0.25, 0.3) is 0 Å². The highest BCUT2D eigenvalue weighted by molar-refractivity contribution is 4.99. The molecule has 0 fully saturated rings. The highest BCUT2D eigenvalue weighted by atomic mass is 14.2. The van der Waals surface area contributed by atoms with Gasteiger partial charge in [-0.1, -0.05) is 59.1 Å². The average Bonchev–Trinajstić information content (AvgIpc) is 2.17. The summed E-state index contributed by atoms with van der Waals surface area (Å²) < 4.78 is 0. The van der Waals surface area contributed by atoms with Crippen LogP contribution in [-0.2, 0) is 0 Å².